The van der Waals surface area contributed by atoms with Gasteiger partial charge < -0.3 is 9.72 Å². The summed E-state index contributed by atoms with van der Waals surface area (Å²) < 4.78 is 6.07. The fraction of sp³-hybridized carbons (Fsp3) is 0.115. The first-order valence-corrected chi connectivity index (χ1v) is 9.83. The van der Waals surface area contributed by atoms with Crippen LogP contribution in [0.2, 0.25) is 0 Å². The molecule has 0 aliphatic carbocycles. The molecule has 0 aliphatic heterocycles. The molecular formula is C26H23NO2. The molecule has 4 aromatic rings. The minimum atomic E-state index is 0.0158. The van der Waals surface area contributed by atoms with E-state index in [1.165, 1.54) is 0 Å². The molecule has 3 heteroatoms. The highest BCUT2D eigenvalue weighted by Gasteiger charge is 2.18. The van der Waals surface area contributed by atoms with Crippen LogP contribution in [0.4, 0.5) is 0 Å². The zero-order valence-electron chi connectivity index (χ0n) is 16.2. The highest BCUT2D eigenvalue weighted by Crippen LogP contribution is 2.35. The van der Waals surface area contributed by atoms with Crippen LogP contribution in [-0.2, 0) is 0 Å². The number of hydrogen-bond donors (Lipinski definition) is 1. The van der Waals surface area contributed by atoms with E-state index in [9.17, 15) is 4.79 Å². The van der Waals surface area contributed by atoms with Gasteiger partial charge in [0, 0.05) is 16.5 Å². The summed E-state index contributed by atoms with van der Waals surface area (Å²) in [6.45, 7) is 4.36. The summed E-state index contributed by atoms with van der Waals surface area (Å²) in [5.74, 6) is 0.764. The molecule has 3 nitrogen and oxygen atoms in total. The lowest BCUT2D eigenvalue weighted by Crippen LogP contribution is -2.10. The van der Waals surface area contributed by atoms with Crippen molar-refractivity contribution in [3.8, 4) is 28.1 Å². The second-order valence-electron chi connectivity index (χ2n) is 6.89. The predicted octanol–water partition coefficient (Wildman–Crippen LogP) is 6.21. The summed E-state index contributed by atoms with van der Waals surface area (Å²) in [4.78, 5) is 17.0. The van der Waals surface area contributed by atoms with Gasteiger partial charge in [0.25, 0.3) is 0 Å². The van der Waals surface area contributed by atoms with E-state index in [0.29, 0.717) is 17.6 Å². The van der Waals surface area contributed by atoms with E-state index in [1.807, 2.05) is 84.9 Å². The molecule has 0 saturated heterocycles. The van der Waals surface area contributed by atoms with Crippen LogP contribution in [0.15, 0.2) is 96.3 Å². The van der Waals surface area contributed by atoms with Crippen molar-refractivity contribution in [3.63, 3.8) is 0 Å². The standard InChI is InChI=1S/C26H23NO2/c1-2-3-11-18-29-23-17-10-8-15-21(23)25-24(19-12-5-4-6-13-19)26(28)20-14-7-9-16-22(20)27-25/h2,4-10,12-17H,1,3,11,18H2,(H,27,28). The number of hydrogen-bond acceptors (Lipinski definition) is 2. The van der Waals surface area contributed by atoms with Gasteiger partial charge in [-0.1, -0.05) is 60.7 Å². The Morgan fingerprint density at radius 2 is 1.62 bits per heavy atom. The van der Waals surface area contributed by atoms with Crippen molar-refractivity contribution in [2.24, 2.45) is 0 Å². The number of allylic oxidation sites excluding steroid dienone is 1. The van der Waals surface area contributed by atoms with Crippen molar-refractivity contribution in [3.05, 3.63) is 102 Å². The van der Waals surface area contributed by atoms with Crippen molar-refractivity contribution >= 4 is 10.9 Å². The topological polar surface area (TPSA) is 42.1 Å². The molecule has 0 radical (unpaired) electrons. The van der Waals surface area contributed by atoms with Crippen molar-refractivity contribution in [1.82, 2.24) is 4.98 Å². The fourth-order valence-corrected chi connectivity index (χ4v) is 3.53. The molecule has 3 aromatic carbocycles. The Hall–Kier alpha value is -3.59. The Bertz CT molecular complexity index is 1190. The number of pyridine rings is 1. The molecule has 0 fully saturated rings. The van der Waals surface area contributed by atoms with E-state index in [-0.39, 0.29) is 5.43 Å². The third-order valence-corrected chi connectivity index (χ3v) is 4.94. The summed E-state index contributed by atoms with van der Waals surface area (Å²) in [6.07, 6.45) is 3.70. The smallest absolute Gasteiger partial charge is 0.197 e. The number of nitrogens with one attached hydrogen (secondary N) is 1. The number of rotatable bonds is 7. The minimum absolute atomic E-state index is 0.0158. The van der Waals surface area contributed by atoms with E-state index in [4.69, 9.17) is 4.74 Å². The molecule has 0 aliphatic rings. The lowest BCUT2D eigenvalue weighted by Gasteiger charge is -2.16. The number of unbranched alkanes of at least 4 members (excludes halogenated alkanes) is 1. The summed E-state index contributed by atoms with van der Waals surface area (Å²) in [5, 5.41) is 0.680. The third kappa shape index (κ3) is 3.85. The summed E-state index contributed by atoms with van der Waals surface area (Å²) >= 11 is 0. The molecule has 1 aromatic heterocycles. The van der Waals surface area contributed by atoms with E-state index < -0.39 is 0 Å². The molecule has 0 unspecified atom stereocenters. The fourth-order valence-electron chi connectivity index (χ4n) is 3.53. The first-order chi connectivity index (χ1) is 14.3. The largest absolute Gasteiger partial charge is 0.493 e. The summed E-state index contributed by atoms with van der Waals surface area (Å²) in [5.41, 5.74) is 4.03. The Morgan fingerprint density at radius 3 is 2.45 bits per heavy atom. The van der Waals surface area contributed by atoms with E-state index in [2.05, 4.69) is 11.6 Å². The normalized spacial score (nSPS) is 10.8. The number of H-pyrrole nitrogens is 1. The van der Waals surface area contributed by atoms with Crippen LogP contribution < -0.4 is 10.2 Å². The molecule has 0 atom stereocenters. The number of para-hydroxylation sites is 2. The maximum atomic E-state index is 13.5. The average Bonchev–Trinajstić information content (AvgIpc) is 2.77. The van der Waals surface area contributed by atoms with E-state index >= 15 is 0 Å². The highest BCUT2D eigenvalue weighted by atomic mass is 16.5. The van der Waals surface area contributed by atoms with Gasteiger partial charge in [0.15, 0.2) is 5.43 Å². The Balaban J connectivity index is 1.92. The lowest BCUT2D eigenvalue weighted by molar-refractivity contribution is 0.313. The highest BCUT2D eigenvalue weighted by molar-refractivity contribution is 5.92. The van der Waals surface area contributed by atoms with Crippen molar-refractivity contribution < 1.29 is 4.74 Å². The number of ether oxygens (including phenoxy) is 1. The zero-order valence-corrected chi connectivity index (χ0v) is 16.2. The number of benzene rings is 3. The van der Waals surface area contributed by atoms with Crippen LogP contribution in [0, 0.1) is 0 Å². The van der Waals surface area contributed by atoms with E-state index in [0.717, 1.165) is 40.9 Å². The summed E-state index contributed by atoms with van der Waals surface area (Å²) in [6, 6.07) is 25.3. The quantitative estimate of drug-likeness (QED) is 0.305. The average molecular weight is 381 g/mol. The minimum Gasteiger partial charge on any atom is -0.493 e. The number of aromatic amines is 1. The second kappa shape index (κ2) is 8.61. The van der Waals surface area contributed by atoms with Gasteiger partial charge in [-0.15, -0.1) is 6.58 Å². The van der Waals surface area contributed by atoms with Crippen LogP contribution in [0.1, 0.15) is 12.8 Å². The molecule has 0 spiro atoms. The molecule has 1 heterocycles. The second-order valence-corrected chi connectivity index (χ2v) is 6.89. The van der Waals surface area contributed by atoms with Crippen LogP contribution in [0.5, 0.6) is 5.75 Å². The van der Waals surface area contributed by atoms with Gasteiger partial charge in [-0.3, -0.25) is 4.79 Å². The van der Waals surface area contributed by atoms with Crippen LogP contribution in [-0.4, -0.2) is 11.6 Å². The monoisotopic (exact) mass is 381 g/mol. The Labute approximate surface area is 170 Å². The van der Waals surface area contributed by atoms with E-state index in [1.54, 1.807) is 0 Å². The van der Waals surface area contributed by atoms with Gasteiger partial charge in [-0.25, -0.2) is 0 Å². The molecular weight excluding hydrogens is 358 g/mol. The van der Waals surface area contributed by atoms with Crippen LogP contribution in [0.25, 0.3) is 33.3 Å². The zero-order chi connectivity index (χ0) is 20.1. The molecule has 29 heavy (non-hydrogen) atoms. The number of fused-ring (bicyclic) bond motifs is 1. The number of aromatic nitrogens is 1. The van der Waals surface area contributed by atoms with Gasteiger partial charge >= 0.3 is 0 Å². The first-order valence-electron chi connectivity index (χ1n) is 9.83. The van der Waals surface area contributed by atoms with Gasteiger partial charge in [0.05, 0.1) is 17.9 Å². The molecule has 0 amide bonds. The maximum absolute atomic E-state index is 13.5. The maximum Gasteiger partial charge on any atom is 0.197 e. The Kier molecular flexibility index (Phi) is 5.57. The molecule has 4 rings (SSSR count). The van der Waals surface area contributed by atoms with Crippen molar-refractivity contribution in [2.75, 3.05) is 6.61 Å². The van der Waals surface area contributed by atoms with Gasteiger partial charge in [0.2, 0.25) is 0 Å². The SMILES string of the molecule is C=CCCCOc1ccccc1-c1[nH]c2ccccc2c(=O)c1-c1ccccc1. The summed E-state index contributed by atoms with van der Waals surface area (Å²) in [7, 11) is 0. The van der Waals surface area contributed by atoms with Gasteiger partial charge in [-0.2, -0.15) is 0 Å². The molecule has 0 bridgehead atoms. The van der Waals surface area contributed by atoms with Crippen LogP contribution in [0.3, 0.4) is 0 Å². The van der Waals surface area contributed by atoms with Gasteiger partial charge in [0.1, 0.15) is 5.75 Å². The molecule has 1 N–H and O–H groups in total. The Morgan fingerprint density at radius 1 is 0.897 bits per heavy atom. The van der Waals surface area contributed by atoms with Crippen LogP contribution >= 0.6 is 0 Å². The molecule has 0 saturated carbocycles. The lowest BCUT2D eigenvalue weighted by atomic mass is 9.96. The van der Waals surface area contributed by atoms with Crippen molar-refractivity contribution in [1.29, 1.82) is 0 Å². The first kappa shape index (κ1) is 18.8. The molecule has 144 valence electrons. The van der Waals surface area contributed by atoms with Crippen molar-refractivity contribution in [2.45, 2.75) is 12.8 Å². The third-order valence-electron chi connectivity index (χ3n) is 4.94. The van der Waals surface area contributed by atoms with Gasteiger partial charge in [-0.05, 0) is 42.7 Å². The predicted molar refractivity (Wildman–Crippen MR) is 120 cm³/mol.